The van der Waals surface area contributed by atoms with Gasteiger partial charge in [0.15, 0.2) is 18.1 Å². The average molecular weight is 408 g/mol. The Hall–Kier alpha value is -3.01. The van der Waals surface area contributed by atoms with Gasteiger partial charge in [0.1, 0.15) is 6.54 Å². The third-order valence-corrected chi connectivity index (χ3v) is 4.31. The second-order valence-electron chi connectivity index (χ2n) is 5.47. The highest BCUT2D eigenvalue weighted by Crippen LogP contribution is 2.34. The van der Waals surface area contributed by atoms with Gasteiger partial charge >= 0.3 is 5.97 Å². The smallest absolute Gasteiger partial charge is 0.326 e. The quantitative estimate of drug-likeness (QED) is 0.482. The van der Waals surface area contributed by atoms with Gasteiger partial charge in [-0.3, -0.25) is 24.1 Å². The minimum Gasteiger partial charge on any atom is -0.490 e. The molecule has 1 aliphatic heterocycles. The molecule has 1 aromatic carbocycles. The molecule has 0 bridgehead atoms. The van der Waals surface area contributed by atoms with Gasteiger partial charge in [-0.25, -0.2) is 0 Å². The molecule has 2 N–H and O–H groups in total. The van der Waals surface area contributed by atoms with Crippen LogP contribution in [0.3, 0.4) is 0 Å². The zero-order chi connectivity index (χ0) is 20.7. The highest BCUT2D eigenvalue weighted by molar-refractivity contribution is 8.18. The fourth-order valence-electron chi connectivity index (χ4n) is 2.27. The number of imide groups is 1. The zero-order valence-corrected chi connectivity index (χ0v) is 16.2. The van der Waals surface area contributed by atoms with Crippen LogP contribution in [0.2, 0.25) is 0 Å². The van der Waals surface area contributed by atoms with E-state index in [2.05, 4.69) is 0 Å². The van der Waals surface area contributed by atoms with Crippen molar-refractivity contribution in [2.24, 2.45) is 5.73 Å². The predicted molar refractivity (Wildman–Crippen MR) is 102 cm³/mol. The van der Waals surface area contributed by atoms with Gasteiger partial charge in [-0.2, -0.15) is 0 Å². The summed E-state index contributed by atoms with van der Waals surface area (Å²) < 4.78 is 15.6. The van der Waals surface area contributed by atoms with E-state index in [-0.39, 0.29) is 18.1 Å². The molecule has 0 aromatic heterocycles. The monoisotopic (exact) mass is 408 g/mol. The summed E-state index contributed by atoms with van der Waals surface area (Å²) in [6.45, 7) is 3.21. The summed E-state index contributed by atoms with van der Waals surface area (Å²) in [6.07, 6.45) is 1.51. The standard InChI is InChI=1S/C18H20N2O7S/c1-3-25-13-7-11(5-6-12(13)27-10-15(19)21)8-14-17(23)20(18(24)28-14)9-16(22)26-4-2/h5-8H,3-4,9-10H2,1-2H3,(H2,19,21). The molecule has 3 amide bonds. The van der Waals surface area contributed by atoms with Crippen LogP contribution in [-0.4, -0.2) is 54.3 Å². The van der Waals surface area contributed by atoms with Gasteiger partial charge in [0, 0.05) is 0 Å². The van der Waals surface area contributed by atoms with Gasteiger partial charge in [0.2, 0.25) is 0 Å². The molecule has 0 aliphatic carbocycles. The number of ether oxygens (including phenoxy) is 3. The number of rotatable bonds is 9. The van der Waals surface area contributed by atoms with E-state index in [0.29, 0.717) is 23.7 Å². The molecular formula is C18H20N2O7S. The van der Waals surface area contributed by atoms with Crippen LogP contribution in [-0.2, 0) is 19.1 Å². The van der Waals surface area contributed by atoms with Gasteiger partial charge in [0.05, 0.1) is 18.1 Å². The Kier molecular flexibility index (Phi) is 7.44. The third-order valence-electron chi connectivity index (χ3n) is 3.40. The largest absolute Gasteiger partial charge is 0.490 e. The normalized spacial score (nSPS) is 15.1. The van der Waals surface area contributed by atoms with E-state index in [9.17, 15) is 19.2 Å². The number of amides is 3. The highest BCUT2D eigenvalue weighted by Gasteiger charge is 2.36. The summed E-state index contributed by atoms with van der Waals surface area (Å²) in [4.78, 5) is 47.9. The lowest BCUT2D eigenvalue weighted by molar-refractivity contribution is -0.146. The minimum atomic E-state index is -0.652. The van der Waals surface area contributed by atoms with E-state index in [1.165, 1.54) is 6.08 Å². The number of nitrogens with zero attached hydrogens (tertiary/aromatic N) is 1. The van der Waals surface area contributed by atoms with Crippen molar-refractivity contribution in [2.45, 2.75) is 13.8 Å². The van der Waals surface area contributed by atoms with E-state index in [4.69, 9.17) is 19.9 Å². The Labute approximate surface area is 165 Å². The number of carbonyl (C=O) groups excluding carboxylic acids is 4. The van der Waals surface area contributed by atoms with Crippen LogP contribution in [0.1, 0.15) is 19.4 Å². The maximum Gasteiger partial charge on any atom is 0.326 e. The summed E-state index contributed by atoms with van der Waals surface area (Å²) in [5.41, 5.74) is 5.65. The van der Waals surface area contributed by atoms with Crippen LogP contribution in [0.5, 0.6) is 11.5 Å². The first-order valence-electron chi connectivity index (χ1n) is 8.44. The maximum absolute atomic E-state index is 12.4. The zero-order valence-electron chi connectivity index (χ0n) is 15.4. The Bertz CT molecular complexity index is 822. The van der Waals surface area contributed by atoms with Crippen molar-refractivity contribution in [1.29, 1.82) is 0 Å². The highest BCUT2D eigenvalue weighted by atomic mass is 32.2. The van der Waals surface area contributed by atoms with Crippen LogP contribution >= 0.6 is 11.8 Å². The lowest BCUT2D eigenvalue weighted by atomic mass is 10.2. The van der Waals surface area contributed by atoms with Crippen molar-refractivity contribution in [3.05, 3.63) is 28.7 Å². The molecule has 1 aliphatic rings. The summed E-state index contributed by atoms with van der Waals surface area (Å²) in [6, 6.07) is 4.82. The molecule has 0 unspecified atom stereocenters. The number of esters is 1. The Morgan fingerprint density at radius 3 is 2.54 bits per heavy atom. The van der Waals surface area contributed by atoms with E-state index in [1.54, 1.807) is 32.0 Å². The van der Waals surface area contributed by atoms with Crippen molar-refractivity contribution in [1.82, 2.24) is 4.90 Å². The van der Waals surface area contributed by atoms with Gasteiger partial charge in [-0.05, 0) is 49.4 Å². The molecule has 0 spiro atoms. The summed E-state index contributed by atoms with van der Waals surface area (Å²) in [5.74, 6) is -1.16. The molecule has 2 rings (SSSR count). The number of hydrogen-bond donors (Lipinski definition) is 1. The van der Waals surface area contributed by atoms with Crippen molar-refractivity contribution in [3.8, 4) is 11.5 Å². The first kappa shape index (κ1) is 21.3. The predicted octanol–water partition coefficient (Wildman–Crippen LogP) is 1.55. The number of nitrogens with two attached hydrogens (primary N) is 1. The Morgan fingerprint density at radius 1 is 1.14 bits per heavy atom. The number of primary amides is 1. The van der Waals surface area contributed by atoms with E-state index < -0.39 is 29.6 Å². The molecule has 0 saturated carbocycles. The molecule has 10 heteroatoms. The fourth-order valence-corrected chi connectivity index (χ4v) is 3.11. The molecule has 0 atom stereocenters. The van der Waals surface area contributed by atoms with Crippen molar-refractivity contribution >= 4 is 40.9 Å². The van der Waals surface area contributed by atoms with E-state index in [1.807, 2.05) is 0 Å². The van der Waals surface area contributed by atoms with Crippen LogP contribution in [0.4, 0.5) is 4.79 Å². The molecule has 1 aromatic rings. The van der Waals surface area contributed by atoms with Crippen LogP contribution in [0, 0.1) is 0 Å². The van der Waals surface area contributed by atoms with Crippen LogP contribution in [0.25, 0.3) is 6.08 Å². The number of carbonyl (C=O) groups is 4. The SMILES string of the molecule is CCOC(=O)CN1C(=O)SC(=Cc2ccc(OCC(N)=O)c(OCC)c2)C1=O. The molecule has 0 radical (unpaired) electrons. The molecule has 28 heavy (non-hydrogen) atoms. The maximum atomic E-state index is 12.4. The summed E-state index contributed by atoms with van der Waals surface area (Å²) in [5, 5.41) is -0.546. The molecule has 1 fully saturated rings. The van der Waals surface area contributed by atoms with Crippen LogP contribution in [0.15, 0.2) is 23.1 Å². The average Bonchev–Trinajstić information content (AvgIpc) is 2.89. The third kappa shape index (κ3) is 5.49. The number of hydrogen-bond acceptors (Lipinski definition) is 8. The summed E-state index contributed by atoms with van der Waals surface area (Å²) in [7, 11) is 0. The first-order chi connectivity index (χ1) is 13.3. The van der Waals surface area contributed by atoms with Gasteiger partial charge in [0.25, 0.3) is 17.1 Å². The van der Waals surface area contributed by atoms with Crippen LogP contribution < -0.4 is 15.2 Å². The topological polar surface area (TPSA) is 125 Å². The lowest BCUT2D eigenvalue weighted by Crippen LogP contribution is -2.34. The first-order valence-corrected chi connectivity index (χ1v) is 9.26. The molecule has 1 saturated heterocycles. The lowest BCUT2D eigenvalue weighted by Gasteiger charge is -2.12. The molecular weight excluding hydrogens is 388 g/mol. The van der Waals surface area contributed by atoms with Crippen molar-refractivity contribution < 1.29 is 33.4 Å². The van der Waals surface area contributed by atoms with E-state index in [0.717, 1.165) is 16.7 Å². The van der Waals surface area contributed by atoms with Gasteiger partial charge < -0.3 is 19.9 Å². The molecule has 150 valence electrons. The van der Waals surface area contributed by atoms with E-state index >= 15 is 0 Å². The number of thioether (sulfide) groups is 1. The Morgan fingerprint density at radius 2 is 1.89 bits per heavy atom. The second-order valence-corrected chi connectivity index (χ2v) is 6.46. The van der Waals surface area contributed by atoms with Crippen molar-refractivity contribution in [3.63, 3.8) is 0 Å². The summed E-state index contributed by atoms with van der Waals surface area (Å²) >= 11 is 0.732. The van der Waals surface area contributed by atoms with Gasteiger partial charge in [-0.15, -0.1) is 0 Å². The van der Waals surface area contributed by atoms with Crippen molar-refractivity contribution in [2.75, 3.05) is 26.4 Å². The second kappa shape index (κ2) is 9.79. The number of benzene rings is 1. The fraction of sp³-hybridized carbons (Fsp3) is 0.333. The molecule has 1 heterocycles. The Balaban J connectivity index is 2.20. The molecule has 9 nitrogen and oxygen atoms in total. The van der Waals surface area contributed by atoms with Gasteiger partial charge in [-0.1, -0.05) is 6.07 Å². The minimum absolute atomic E-state index is 0.162.